The van der Waals surface area contributed by atoms with E-state index < -0.39 is 6.04 Å². The van der Waals surface area contributed by atoms with Crippen molar-refractivity contribution in [1.29, 1.82) is 0 Å². The van der Waals surface area contributed by atoms with E-state index in [1.165, 1.54) is 7.11 Å². The van der Waals surface area contributed by atoms with Gasteiger partial charge in [-0.2, -0.15) is 0 Å². The molecule has 5 nitrogen and oxygen atoms in total. The van der Waals surface area contributed by atoms with Crippen molar-refractivity contribution in [2.24, 2.45) is 5.73 Å². The molecule has 1 saturated heterocycles. The lowest BCUT2D eigenvalue weighted by Gasteiger charge is -2.15. The molecule has 0 spiro atoms. The predicted molar refractivity (Wildman–Crippen MR) is 66.2 cm³/mol. The van der Waals surface area contributed by atoms with Gasteiger partial charge in [-0.25, -0.2) is 0 Å². The van der Waals surface area contributed by atoms with Crippen LogP contribution in [0, 0.1) is 0 Å². The Morgan fingerprint density at radius 2 is 2.22 bits per heavy atom. The predicted octanol–water partition coefficient (Wildman–Crippen LogP) is 0.935. The number of carbonyl (C=O) groups is 2. The van der Waals surface area contributed by atoms with E-state index in [4.69, 9.17) is 22.1 Å². The summed E-state index contributed by atoms with van der Waals surface area (Å²) >= 11 is 5.98. The first-order valence-corrected chi connectivity index (χ1v) is 5.83. The topological polar surface area (TPSA) is 72.6 Å². The smallest absolute Gasteiger partial charge is 0.246 e. The van der Waals surface area contributed by atoms with Gasteiger partial charge in [-0.05, 0) is 17.7 Å². The van der Waals surface area contributed by atoms with E-state index in [0.717, 1.165) is 10.5 Å². The van der Waals surface area contributed by atoms with E-state index in [0.29, 0.717) is 10.8 Å². The number of hydrogen-bond acceptors (Lipinski definition) is 4. The standard InChI is InChI=1S/C12H13ClN2O3/c1-18-10-3-2-7(4-8(10)13)6-15-11(16)5-9(14)12(15)17/h2-4,9H,5-6,14H2,1H3. The van der Waals surface area contributed by atoms with Crippen LogP contribution in [0.2, 0.25) is 5.02 Å². The van der Waals surface area contributed by atoms with Crippen molar-refractivity contribution in [3.8, 4) is 5.75 Å². The molecule has 1 aromatic rings. The summed E-state index contributed by atoms with van der Waals surface area (Å²) in [4.78, 5) is 24.4. The summed E-state index contributed by atoms with van der Waals surface area (Å²) in [6, 6.07) is 4.41. The molecule has 0 saturated carbocycles. The fourth-order valence-electron chi connectivity index (χ4n) is 1.87. The zero-order valence-electron chi connectivity index (χ0n) is 9.85. The van der Waals surface area contributed by atoms with Crippen molar-refractivity contribution in [2.45, 2.75) is 19.0 Å². The van der Waals surface area contributed by atoms with Crippen LogP contribution in [0.1, 0.15) is 12.0 Å². The molecule has 0 bridgehead atoms. The number of hydrogen-bond donors (Lipinski definition) is 1. The Labute approximate surface area is 109 Å². The molecule has 1 fully saturated rings. The van der Waals surface area contributed by atoms with Crippen molar-refractivity contribution in [3.63, 3.8) is 0 Å². The van der Waals surface area contributed by atoms with Gasteiger partial charge in [0.15, 0.2) is 0 Å². The SMILES string of the molecule is COc1ccc(CN2C(=O)CC(N)C2=O)cc1Cl. The number of carbonyl (C=O) groups excluding carboxylic acids is 2. The van der Waals surface area contributed by atoms with Crippen LogP contribution < -0.4 is 10.5 Å². The number of imide groups is 1. The molecule has 2 amide bonds. The van der Waals surface area contributed by atoms with Gasteiger partial charge in [-0.1, -0.05) is 17.7 Å². The first-order chi connectivity index (χ1) is 8.52. The van der Waals surface area contributed by atoms with Crippen LogP contribution in [0.15, 0.2) is 18.2 Å². The quantitative estimate of drug-likeness (QED) is 0.828. The van der Waals surface area contributed by atoms with Gasteiger partial charge >= 0.3 is 0 Å². The molecule has 1 aliphatic heterocycles. The second kappa shape index (κ2) is 4.96. The molecule has 96 valence electrons. The van der Waals surface area contributed by atoms with Crippen molar-refractivity contribution >= 4 is 23.4 Å². The highest BCUT2D eigenvalue weighted by atomic mass is 35.5. The Kier molecular flexibility index (Phi) is 3.54. The molecule has 1 unspecified atom stereocenters. The zero-order valence-corrected chi connectivity index (χ0v) is 10.6. The van der Waals surface area contributed by atoms with Crippen molar-refractivity contribution in [2.75, 3.05) is 7.11 Å². The summed E-state index contributed by atoms with van der Waals surface area (Å²) in [6.45, 7) is 0.190. The molecule has 1 atom stereocenters. The summed E-state index contributed by atoms with van der Waals surface area (Å²) in [5.41, 5.74) is 6.29. The second-order valence-electron chi connectivity index (χ2n) is 4.10. The van der Waals surface area contributed by atoms with E-state index in [1.807, 2.05) is 0 Å². The Morgan fingerprint density at radius 1 is 1.50 bits per heavy atom. The highest BCUT2D eigenvalue weighted by Gasteiger charge is 2.35. The normalized spacial score (nSPS) is 19.5. The average molecular weight is 269 g/mol. The number of amides is 2. The van der Waals surface area contributed by atoms with Gasteiger partial charge in [-0.3, -0.25) is 14.5 Å². The minimum atomic E-state index is -0.716. The van der Waals surface area contributed by atoms with Gasteiger partial charge in [0.25, 0.3) is 0 Å². The van der Waals surface area contributed by atoms with Gasteiger partial charge in [0.2, 0.25) is 11.8 Å². The first-order valence-electron chi connectivity index (χ1n) is 5.45. The Morgan fingerprint density at radius 3 is 2.72 bits per heavy atom. The maximum Gasteiger partial charge on any atom is 0.246 e. The average Bonchev–Trinajstić information content (AvgIpc) is 2.56. The Bertz CT molecular complexity index is 504. The van der Waals surface area contributed by atoms with Gasteiger partial charge < -0.3 is 10.5 Å². The largest absolute Gasteiger partial charge is 0.495 e. The zero-order chi connectivity index (χ0) is 13.3. The van der Waals surface area contributed by atoms with E-state index in [2.05, 4.69) is 0 Å². The molecular formula is C12H13ClN2O3. The fourth-order valence-corrected chi connectivity index (χ4v) is 2.15. The Hall–Kier alpha value is -1.59. The van der Waals surface area contributed by atoms with Crippen LogP contribution in [-0.4, -0.2) is 29.9 Å². The van der Waals surface area contributed by atoms with E-state index >= 15 is 0 Å². The number of nitrogens with two attached hydrogens (primary N) is 1. The van der Waals surface area contributed by atoms with Gasteiger partial charge in [-0.15, -0.1) is 0 Å². The highest BCUT2D eigenvalue weighted by molar-refractivity contribution is 6.32. The molecule has 0 radical (unpaired) electrons. The van der Waals surface area contributed by atoms with Gasteiger partial charge in [0.05, 0.1) is 31.1 Å². The number of benzene rings is 1. The molecule has 1 heterocycles. The van der Waals surface area contributed by atoms with Crippen LogP contribution in [0.25, 0.3) is 0 Å². The molecule has 18 heavy (non-hydrogen) atoms. The number of methoxy groups -OCH3 is 1. The summed E-state index contributed by atoms with van der Waals surface area (Å²) < 4.78 is 5.03. The maximum absolute atomic E-state index is 11.7. The summed E-state index contributed by atoms with van der Waals surface area (Å²) in [5, 5.41) is 0.443. The maximum atomic E-state index is 11.7. The lowest BCUT2D eigenvalue weighted by atomic mass is 10.2. The third-order valence-corrected chi connectivity index (χ3v) is 3.13. The lowest BCUT2D eigenvalue weighted by molar-refractivity contribution is -0.139. The lowest BCUT2D eigenvalue weighted by Crippen LogP contribution is -2.34. The van der Waals surface area contributed by atoms with Crippen molar-refractivity contribution in [3.05, 3.63) is 28.8 Å². The number of ether oxygens (including phenoxy) is 1. The van der Waals surface area contributed by atoms with Crippen LogP contribution in [0.3, 0.4) is 0 Å². The number of rotatable bonds is 3. The van der Waals surface area contributed by atoms with Crippen LogP contribution in [0.4, 0.5) is 0 Å². The summed E-state index contributed by atoms with van der Waals surface area (Å²) in [5.74, 6) is -0.0393. The number of likely N-dealkylation sites (tertiary alicyclic amines) is 1. The fraction of sp³-hybridized carbons (Fsp3) is 0.333. The third-order valence-electron chi connectivity index (χ3n) is 2.84. The first kappa shape index (κ1) is 12.9. The minimum absolute atomic E-state index is 0.0721. The van der Waals surface area contributed by atoms with E-state index in [9.17, 15) is 9.59 Å². The molecule has 2 N–H and O–H groups in total. The summed E-state index contributed by atoms with van der Waals surface area (Å²) in [6.07, 6.45) is 0.0721. The minimum Gasteiger partial charge on any atom is -0.495 e. The monoisotopic (exact) mass is 268 g/mol. The Balaban J connectivity index is 2.17. The third kappa shape index (κ3) is 2.32. The molecule has 0 aromatic heterocycles. The van der Waals surface area contributed by atoms with Crippen molar-refractivity contribution < 1.29 is 14.3 Å². The van der Waals surface area contributed by atoms with Crippen LogP contribution in [-0.2, 0) is 16.1 Å². The van der Waals surface area contributed by atoms with Gasteiger partial charge in [0.1, 0.15) is 5.75 Å². The summed E-state index contributed by atoms with van der Waals surface area (Å²) in [7, 11) is 1.52. The van der Waals surface area contributed by atoms with E-state index in [1.54, 1.807) is 18.2 Å². The van der Waals surface area contributed by atoms with Gasteiger partial charge in [0, 0.05) is 0 Å². The van der Waals surface area contributed by atoms with E-state index in [-0.39, 0.29) is 24.8 Å². The molecule has 6 heteroatoms. The number of halogens is 1. The van der Waals surface area contributed by atoms with Crippen molar-refractivity contribution in [1.82, 2.24) is 4.90 Å². The molecule has 0 aliphatic carbocycles. The highest BCUT2D eigenvalue weighted by Crippen LogP contribution is 2.26. The molecule has 2 rings (SSSR count). The molecule has 1 aliphatic rings. The van der Waals surface area contributed by atoms with Crippen LogP contribution in [0.5, 0.6) is 5.75 Å². The molecule has 1 aromatic carbocycles. The molecular weight excluding hydrogens is 256 g/mol. The second-order valence-corrected chi connectivity index (χ2v) is 4.50. The van der Waals surface area contributed by atoms with Crippen LogP contribution >= 0.6 is 11.6 Å². The number of nitrogens with zero attached hydrogens (tertiary/aromatic N) is 1.